The molecule has 1 N–H and O–H groups in total. The zero-order valence-corrected chi connectivity index (χ0v) is 17.7. The van der Waals surface area contributed by atoms with E-state index < -0.39 is 17.8 Å². The van der Waals surface area contributed by atoms with Gasteiger partial charge in [0.15, 0.2) is 6.39 Å². The van der Waals surface area contributed by atoms with Crippen LogP contribution in [-0.4, -0.2) is 33.8 Å². The maximum atomic E-state index is 12.8. The van der Waals surface area contributed by atoms with Crippen LogP contribution in [0.25, 0.3) is 0 Å². The van der Waals surface area contributed by atoms with Gasteiger partial charge >= 0.3 is 12.2 Å². The lowest BCUT2D eigenvalue weighted by Crippen LogP contribution is -2.54. The largest absolute Gasteiger partial charge is 0.448 e. The summed E-state index contributed by atoms with van der Waals surface area (Å²) in [6.07, 6.45) is 4.90. The van der Waals surface area contributed by atoms with Crippen molar-refractivity contribution >= 4 is 12.2 Å². The van der Waals surface area contributed by atoms with Crippen molar-refractivity contribution in [3.8, 4) is 0 Å². The van der Waals surface area contributed by atoms with E-state index in [0.29, 0.717) is 12.8 Å². The zero-order valence-electron chi connectivity index (χ0n) is 17.7. The average Bonchev–Trinajstić information content (AvgIpc) is 3.25. The van der Waals surface area contributed by atoms with Gasteiger partial charge < -0.3 is 13.9 Å². The molecule has 2 amide bonds. The molecule has 1 saturated carbocycles. The van der Waals surface area contributed by atoms with Crippen LogP contribution in [-0.2, 0) is 16.1 Å². The number of nitrogens with zero attached hydrogens (tertiary/aromatic N) is 2. The Morgan fingerprint density at radius 2 is 1.87 bits per heavy atom. The maximum Gasteiger partial charge on any atom is 0.429 e. The molecule has 0 unspecified atom stereocenters. The molecule has 0 atom stereocenters. The third kappa shape index (κ3) is 6.23. The predicted octanol–water partition coefficient (Wildman–Crippen LogP) is 4.78. The molecule has 0 spiro atoms. The van der Waals surface area contributed by atoms with E-state index in [-0.39, 0.29) is 18.6 Å². The minimum Gasteiger partial charge on any atom is -0.448 e. The highest BCUT2D eigenvalue weighted by Gasteiger charge is 2.33. The molecule has 8 nitrogen and oxygen atoms in total. The lowest BCUT2D eigenvalue weighted by Gasteiger charge is -2.35. The summed E-state index contributed by atoms with van der Waals surface area (Å²) < 4.78 is 16.2. The third-order valence-corrected chi connectivity index (χ3v) is 4.93. The highest BCUT2D eigenvalue weighted by molar-refractivity contribution is 5.74. The Bertz CT molecular complexity index is 809. The van der Waals surface area contributed by atoms with E-state index in [4.69, 9.17) is 13.9 Å². The van der Waals surface area contributed by atoms with Gasteiger partial charge in [-0.15, -0.1) is 0 Å². The fourth-order valence-electron chi connectivity index (χ4n) is 3.52. The number of ether oxygens (including phenoxy) is 2. The molecule has 1 aliphatic carbocycles. The van der Waals surface area contributed by atoms with Crippen LogP contribution in [0, 0.1) is 0 Å². The second kappa shape index (κ2) is 9.65. The quantitative estimate of drug-likeness (QED) is 0.722. The molecule has 162 valence electrons. The van der Waals surface area contributed by atoms with Crippen LogP contribution in [0.1, 0.15) is 63.7 Å². The van der Waals surface area contributed by atoms with Crippen LogP contribution in [0.15, 0.2) is 47.3 Å². The van der Waals surface area contributed by atoms with Crippen molar-refractivity contribution in [3.63, 3.8) is 0 Å². The molecule has 1 heterocycles. The molecule has 1 aromatic heterocycles. The minimum atomic E-state index is -0.684. The van der Waals surface area contributed by atoms with Crippen LogP contribution < -0.4 is 5.43 Å². The fourth-order valence-corrected chi connectivity index (χ4v) is 3.52. The van der Waals surface area contributed by atoms with Crippen molar-refractivity contribution in [1.29, 1.82) is 0 Å². The average molecular weight is 415 g/mol. The summed E-state index contributed by atoms with van der Waals surface area (Å²) in [4.78, 5) is 29.1. The van der Waals surface area contributed by atoms with E-state index in [1.807, 2.05) is 30.3 Å². The normalized spacial score (nSPS) is 19.0. The van der Waals surface area contributed by atoms with Crippen LogP contribution in [0.4, 0.5) is 9.59 Å². The van der Waals surface area contributed by atoms with Gasteiger partial charge in [0.1, 0.15) is 18.0 Å². The lowest BCUT2D eigenvalue weighted by atomic mass is 9.84. The standard InChI is InChI=1S/C22H29N3O5/c1-22(2,3)30-20(26)24-25(21(27)28-14-16-7-5-4-6-8-16)18-11-9-17(10-12-18)19-13-23-15-29-19/h4-8,13,15,17-18H,9-12,14H2,1-3H3,(H,24,26). The summed E-state index contributed by atoms with van der Waals surface area (Å²) in [5.41, 5.74) is 2.79. The first kappa shape index (κ1) is 21.7. The van der Waals surface area contributed by atoms with Crippen molar-refractivity contribution in [3.05, 3.63) is 54.2 Å². The summed E-state index contributed by atoms with van der Waals surface area (Å²) in [5, 5.41) is 1.27. The smallest absolute Gasteiger partial charge is 0.429 e. The van der Waals surface area contributed by atoms with Gasteiger partial charge in [-0.2, -0.15) is 0 Å². The number of rotatable bonds is 4. The Kier molecular flexibility index (Phi) is 6.97. The van der Waals surface area contributed by atoms with Crippen molar-refractivity contribution in [2.75, 3.05) is 0 Å². The number of oxazole rings is 1. The lowest BCUT2D eigenvalue weighted by molar-refractivity contribution is 0.0115. The number of amides is 2. The number of carbonyl (C=O) groups excluding carboxylic acids is 2. The van der Waals surface area contributed by atoms with E-state index >= 15 is 0 Å². The fraction of sp³-hybridized carbons (Fsp3) is 0.500. The second-order valence-corrected chi connectivity index (χ2v) is 8.43. The molecule has 1 fully saturated rings. The summed E-state index contributed by atoms with van der Waals surface area (Å²) >= 11 is 0. The van der Waals surface area contributed by atoms with Crippen LogP contribution in [0.5, 0.6) is 0 Å². The number of hydrazine groups is 1. The van der Waals surface area contributed by atoms with Gasteiger partial charge in [0, 0.05) is 5.92 Å². The van der Waals surface area contributed by atoms with Crippen LogP contribution >= 0.6 is 0 Å². The Morgan fingerprint density at radius 3 is 2.47 bits per heavy atom. The predicted molar refractivity (Wildman–Crippen MR) is 109 cm³/mol. The van der Waals surface area contributed by atoms with Crippen LogP contribution in [0.2, 0.25) is 0 Å². The number of hydrogen-bond donors (Lipinski definition) is 1. The molecule has 2 aromatic rings. The van der Waals surface area contributed by atoms with E-state index in [2.05, 4.69) is 10.4 Å². The molecule has 30 heavy (non-hydrogen) atoms. The SMILES string of the molecule is CC(C)(C)OC(=O)NN(C(=O)OCc1ccccc1)C1CCC(c2cnco2)CC1. The van der Waals surface area contributed by atoms with E-state index in [1.165, 1.54) is 11.4 Å². The summed E-state index contributed by atoms with van der Waals surface area (Å²) in [6.45, 7) is 5.44. The Morgan fingerprint density at radius 1 is 1.17 bits per heavy atom. The first-order chi connectivity index (χ1) is 14.3. The number of nitrogens with one attached hydrogen (secondary N) is 1. The van der Waals surface area contributed by atoms with E-state index in [9.17, 15) is 9.59 Å². The minimum absolute atomic E-state index is 0.125. The Hall–Kier alpha value is -3.03. The molecule has 8 heteroatoms. The maximum absolute atomic E-state index is 12.8. The van der Waals surface area contributed by atoms with Gasteiger partial charge in [0.25, 0.3) is 0 Å². The molecule has 0 bridgehead atoms. The monoisotopic (exact) mass is 415 g/mol. The third-order valence-electron chi connectivity index (χ3n) is 4.93. The molecule has 0 aliphatic heterocycles. The summed E-state index contributed by atoms with van der Waals surface area (Å²) in [6, 6.07) is 9.22. The van der Waals surface area contributed by atoms with Crippen molar-refractivity contribution in [1.82, 2.24) is 15.4 Å². The number of aromatic nitrogens is 1. The molecule has 3 rings (SSSR count). The van der Waals surface area contributed by atoms with E-state index in [1.54, 1.807) is 27.0 Å². The number of hydrogen-bond acceptors (Lipinski definition) is 6. The zero-order chi connectivity index (χ0) is 21.6. The van der Waals surface area contributed by atoms with Crippen molar-refractivity contribution in [2.24, 2.45) is 0 Å². The molecular formula is C22H29N3O5. The van der Waals surface area contributed by atoms with Gasteiger partial charge in [0.05, 0.1) is 12.2 Å². The second-order valence-electron chi connectivity index (χ2n) is 8.43. The van der Waals surface area contributed by atoms with Crippen molar-refractivity contribution < 1.29 is 23.5 Å². The summed E-state index contributed by atoms with van der Waals surface area (Å²) in [5.74, 6) is 1.11. The van der Waals surface area contributed by atoms with Crippen molar-refractivity contribution in [2.45, 2.75) is 70.6 Å². The molecule has 1 aliphatic rings. The molecule has 1 aromatic carbocycles. The first-order valence-electron chi connectivity index (χ1n) is 10.2. The number of benzene rings is 1. The Balaban J connectivity index is 1.64. The summed E-state index contributed by atoms with van der Waals surface area (Å²) in [7, 11) is 0. The van der Waals surface area contributed by atoms with Gasteiger partial charge in [-0.05, 0) is 52.0 Å². The topological polar surface area (TPSA) is 93.9 Å². The van der Waals surface area contributed by atoms with Gasteiger partial charge in [-0.3, -0.25) is 0 Å². The van der Waals surface area contributed by atoms with Gasteiger partial charge in [-0.25, -0.2) is 25.0 Å². The number of carbonyl (C=O) groups is 2. The Labute approximate surface area is 176 Å². The van der Waals surface area contributed by atoms with E-state index in [0.717, 1.165) is 24.2 Å². The first-order valence-corrected chi connectivity index (χ1v) is 10.2. The molecule has 0 saturated heterocycles. The molecular weight excluding hydrogens is 386 g/mol. The van der Waals surface area contributed by atoms with Gasteiger partial charge in [-0.1, -0.05) is 30.3 Å². The highest BCUT2D eigenvalue weighted by atomic mass is 16.6. The van der Waals surface area contributed by atoms with Crippen LogP contribution in [0.3, 0.4) is 0 Å². The molecule has 0 radical (unpaired) electrons. The highest BCUT2D eigenvalue weighted by Crippen LogP contribution is 2.34. The van der Waals surface area contributed by atoms with Gasteiger partial charge in [0.2, 0.25) is 0 Å².